The Bertz CT molecular complexity index is 950. The smallest absolute Gasteiger partial charge is 0.141 e. The zero-order chi connectivity index (χ0) is 15.8. The first-order valence-electron chi connectivity index (χ1n) is 7.45. The first-order chi connectivity index (χ1) is 11.2. The quantitative estimate of drug-likeness (QED) is 0.617. The summed E-state index contributed by atoms with van der Waals surface area (Å²) in [6.45, 7) is 3.88. The van der Waals surface area contributed by atoms with Crippen LogP contribution in [0.5, 0.6) is 0 Å². The van der Waals surface area contributed by atoms with Crippen LogP contribution in [0.4, 0.5) is 5.69 Å². The van der Waals surface area contributed by atoms with E-state index in [0.29, 0.717) is 0 Å². The molecule has 2 aromatic carbocycles. The van der Waals surface area contributed by atoms with Crippen molar-refractivity contribution in [1.82, 2.24) is 14.8 Å². The molecule has 114 valence electrons. The Morgan fingerprint density at radius 2 is 1.87 bits per heavy atom. The van der Waals surface area contributed by atoms with Gasteiger partial charge >= 0.3 is 0 Å². The van der Waals surface area contributed by atoms with Crippen molar-refractivity contribution in [3.63, 3.8) is 0 Å². The van der Waals surface area contributed by atoms with Gasteiger partial charge < -0.3 is 4.52 Å². The fourth-order valence-electron chi connectivity index (χ4n) is 2.80. The highest BCUT2D eigenvalue weighted by atomic mass is 16.5. The Morgan fingerprint density at radius 3 is 2.61 bits per heavy atom. The van der Waals surface area contributed by atoms with Crippen LogP contribution >= 0.6 is 0 Å². The van der Waals surface area contributed by atoms with Gasteiger partial charge in [0, 0.05) is 5.56 Å². The largest absolute Gasteiger partial charge is 0.361 e. The molecular weight excluding hydrogens is 288 g/mol. The molecular formula is C18H16N4O. The lowest BCUT2D eigenvalue weighted by Crippen LogP contribution is -2.06. The van der Waals surface area contributed by atoms with Gasteiger partial charge in [0.2, 0.25) is 0 Å². The minimum atomic E-state index is 0.823. The minimum absolute atomic E-state index is 0.823. The predicted octanol–water partition coefficient (Wildman–Crippen LogP) is 4.18. The molecule has 0 aliphatic heterocycles. The lowest BCUT2D eigenvalue weighted by molar-refractivity contribution is 0.393. The van der Waals surface area contributed by atoms with Crippen LogP contribution in [-0.4, -0.2) is 14.8 Å². The van der Waals surface area contributed by atoms with Crippen molar-refractivity contribution in [3.8, 4) is 11.1 Å². The molecule has 0 saturated heterocycles. The number of fused-ring (bicyclic) bond motifs is 1. The van der Waals surface area contributed by atoms with E-state index < -0.39 is 0 Å². The molecule has 4 aromatic rings. The third-order valence-electron chi connectivity index (χ3n) is 3.89. The molecule has 5 nitrogen and oxygen atoms in total. The van der Waals surface area contributed by atoms with Gasteiger partial charge in [-0.15, -0.1) is 0 Å². The maximum absolute atomic E-state index is 5.28. The van der Waals surface area contributed by atoms with E-state index in [-0.39, 0.29) is 0 Å². The monoisotopic (exact) mass is 304 g/mol. The molecule has 0 saturated carbocycles. The number of nitrogens with zero attached hydrogens (tertiary/aromatic N) is 3. The molecule has 0 fully saturated rings. The molecule has 2 heterocycles. The molecule has 0 atom stereocenters. The molecule has 0 spiro atoms. The maximum atomic E-state index is 5.28. The van der Waals surface area contributed by atoms with Gasteiger partial charge in [-0.3, -0.25) is 5.43 Å². The van der Waals surface area contributed by atoms with Crippen molar-refractivity contribution in [3.05, 3.63) is 66.3 Å². The number of hydrogen-bond donors (Lipinski definition) is 1. The Balaban J connectivity index is 1.80. The van der Waals surface area contributed by atoms with E-state index in [1.54, 1.807) is 6.33 Å². The topological polar surface area (TPSA) is 55.9 Å². The number of benzene rings is 2. The number of hydrogen-bond acceptors (Lipinski definition) is 4. The summed E-state index contributed by atoms with van der Waals surface area (Å²) >= 11 is 0. The molecule has 5 heteroatoms. The van der Waals surface area contributed by atoms with Crippen LogP contribution in [-0.2, 0) is 0 Å². The summed E-state index contributed by atoms with van der Waals surface area (Å²) in [5.41, 5.74) is 9.30. The number of anilines is 1. The van der Waals surface area contributed by atoms with Crippen LogP contribution < -0.4 is 5.43 Å². The van der Waals surface area contributed by atoms with Crippen LogP contribution in [0.2, 0.25) is 0 Å². The predicted molar refractivity (Wildman–Crippen MR) is 90.2 cm³/mol. The molecule has 0 radical (unpaired) electrons. The molecule has 4 rings (SSSR count). The highest BCUT2D eigenvalue weighted by molar-refractivity contribution is 5.83. The second-order valence-corrected chi connectivity index (χ2v) is 5.50. The van der Waals surface area contributed by atoms with Crippen molar-refractivity contribution >= 4 is 16.7 Å². The third-order valence-corrected chi connectivity index (χ3v) is 3.89. The number of aromatic nitrogens is 3. The average Bonchev–Trinajstić information content (AvgIpc) is 3.12. The maximum Gasteiger partial charge on any atom is 0.141 e. The molecule has 0 amide bonds. The number of nitrogens with one attached hydrogen (secondary N) is 1. The van der Waals surface area contributed by atoms with Crippen LogP contribution in [0, 0.1) is 13.8 Å². The average molecular weight is 304 g/mol. The Morgan fingerprint density at radius 1 is 1.04 bits per heavy atom. The number of aryl methyl sites for hydroxylation is 2. The number of rotatable bonds is 3. The SMILES string of the molecule is Cc1noc(C)c1-c1ccc2ncn(Nc3ccccc3)c2c1. The first-order valence-corrected chi connectivity index (χ1v) is 7.45. The molecule has 0 aliphatic rings. The van der Waals surface area contributed by atoms with Gasteiger partial charge in [0.25, 0.3) is 0 Å². The van der Waals surface area contributed by atoms with Crippen molar-refractivity contribution in [2.45, 2.75) is 13.8 Å². The zero-order valence-electron chi connectivity index (χ0n) is 12.9. The lowest BCUT2D eigenvalue weighted by Gasteiger charge is -2.09. The molecule has 2 aromatic heterocycles. The van der Waals surface area contributed by atoms with Gasteiger partial charge in [0.1, 0.15) is 12.1 Å². The number of imidazole rings is 1. The van der Waals surface area contributed by atoms with Gasteiger partial charge in [-0.1, -0.05) is 29.4 Å². The third kappa shape index (κ3) is 2.36. The molecule has 1 N–H and O–H groups in total. The summed E-state index contributed by atoms with van der Waals surface area (Å²) in [6, 6.07) is 16.2. The summed E-state index contributed by atoms with van der Waals surface area (Å²) < 4.78 is 7.20. The van der Waals surface area contributed by atoms with Crippen molar-refractivity contribution in [2.24, 2.45) is 0 Å². The normalized spacial score (nSPS) is 11.0. The van der Waals surface area contributed by atoms with Crippen molar-refractivity contribution in [2.75, 3.05) is 5.43 Å². The van der Waals surface area contributed by atoms with Crippen LogP contribution in [0.15, 0.2) is 59.4 Å². The summed E-state index contributed by atoms with van der Waals surface area (Å²) in [5, 5.41) is 4.04. The van der Waals surface area contributed by atoms with E-state index in [9.17, 15) is 0 Å². The zero-order valence-corrected chi connectivity index (χ0v) is 12.9. The molecule has 23 heavy (non-hydrogen) atoms. The van der Waals surface area contributed by atoms with Gasteiger partial charge in [-0.05, 0) is 43.7 Å². The Labute approximate surface area is 133 Å². The van der Waals surface area contributed by atoms with Crippen LogP contribution in [0.25, 0.3) is 22.2 Å². The van der Waals surface area contributed by atoms with E-state index in [1.807, 2.05) is 54.9 Å². The first kappa shape index (κ1) is 13.6. The fourth-order valence-corrected chi connectivity index (χ4v) is 2.80. The number of para-hydroxylation sites is 1. The van der Waals surface area contributed by atoms with Crippen LogP contribution in [0.3, 0.4) is 0 Å². The summed E-state index contributed by atoms with van der Waals surface area (Å²) in [5.74, 6) is 0.823. The van der Waals surface area contributed by atoms with Gasteiger partial charge in [-0.25, -0.2) is 9.66 Å². The summed E-state index contributed by atoms with van der Waals surface area (Å²) in [6.07, 6.45) is 1.79. The van der Waals surface area contributed by atoms with E-state index >= 15 is 0 Å². The van der Waals surface area contributed by atoms with E-state index in [4.69, 9.17) is 4.52 Å². The van der Waals surface area contributed by atoms with Crippen molar-refractivity contribution in [1.29, 1.82) is 0 Å². The van der Waals surface area contributed by atoms with E-state index in [2.05, 4.69) is 27.7 Å². The van der Waals surface area contributed by atoms with Crippen molar-refractivity contribution < 1.29 is 4.52 Å². The fraction of sp³-hybridized carbons (Fsp3) is 0.111. The minimum Gasteiger partial charge on any atom is -0.361 e. The lowest BCUT2D eigenvalue weighted by atomic mass is 10.0. The second-order valence-electron chi connectivity index (χ2n) is 5.50. The Hall–Kier alpha value is -3.08. The van der Waals surface area contributed by atoms with Crippen LogP contribution in [0.1, 0.15) is 11.5 Å². The standard InChI is InChI=1S/C18H16N4O/c1-12-18(13(2)23-21-12)14-8-9-16-17(10-14)22(11-19-16)20-15-6-4-3-5-7-15/h3-11,20H,1-2H3. The molecule has 0 unspecified atom stereocenters. The second kappa shape index (κ2) is 5.28. The summed E-state index contributed by atoms with van der Waals surface area (Å²) in [4.78, 5) is 4.44. The van der Waals surface area contributed by atoms with Gasteiger partial charge in [0.05, 0.1) is 22.4 Å². The van der Waals surface area contributed by atoms with Gasteiger partial charge in [-0.2, -0.15) is 0 Å². The Kier molecular flexibility index (Phi) is 3.12. The molecule has 0 aliphatic carbocycles. The van der Waals surface area contributed by atoms with E-state index in [1.165, 1.54) is 0 Å². The highest BCUT2D eigenvalue weighted by Gasteiger charge is 2.13. The van der Waals surface area contributed by atoms with E-state index in [0.717, 1.165) is 39.3 Å². The summed E-state index contributed by atoms with van der Waals surface area (Å²) in [7, 11) is 0. The highest BCUT2D eigenvalue weighted by Crippen LogP contribution is 2.29. The molecule has 0 bridgehead atoms. The van der Waals surface area contributed by atoms with Gasteiger partial charge in [0.15, 0.2) is 0 Å².